The molecule has 0 radical (unpaired) electrons. The van der Waals surface area contributed by atoms with Gasteiger partial charge in [-0.3, -0.25) is 0 Å². The average molecular weight is 564 g/mol. The van der Waals surface area contributed by atoms with Crippen molar-refractivity contribution in [3.8, 4) is 11.6 Å². The van der Waals surface area contributed by atoms with E-state index in [1.807, 2.05) is 74.1 Å². The van der Waals surface area contributed by atoms with Crippen LogP contribution in [0.5, 0.6) is 5.75 Å². The van der Waals surface area contributed by atoms with E-state index in [1.165, 1.54) is 0 Å². The number of rotatable bonds is 10. The molecule has 178 valence electrons. The lowest BCUT2D eigenvalue weighted by atomic mass is 10.3. The number of hydrogen-bond donors (Lipinski definition) is 2. The topological polar surface area (TPSA) is 85.6 Å². The first-order valence-corrected chi connectivity index (χ1v) is 10.8. The second-order valence-electron chi connectivity index (χ2n) is 7.41. The molecule has 2 N–H and O–H groups in total. The van der Waals surface area contributed by atoms with Crippen LogP contribution < -0.4 is 15.4 Å². The van der Waals surface area contributed by atoms with E-state index in [0.717, 1.165) is 47.2 Å². The van der Waals surface area contributed by atoms with E-state index in [1.54, 1.807) is 7.11 Å². The number of pyridine rings is 1. The molecule has 0 atom stereocenters. The molecule has 1 aromatic carbocycles. The fourth-order valence-corrected chi connectivity index (χ4v) is 3.17. The highest BCUT2D eigenvalue weighted by Crippen LogP contribution is 2.18. The Hall–Kier alpha value is -2.66. The van der Waals surface area contributed by atoms with E-state index in [9.17, 15) is 0 Å². The van der Waals surface area contributed by atoms with Crippen LogP contribution in [0.4, 0.5) is 5.69 Å². The Labute approximate surface area is 212 Å². The number of aromatic nitrogens is 3. The first-order valence-electron chi connectivity index (χ1n) is 10.8. The van der Waals surface area contributed by atoms with Crippen molar-refractivity contribution < 1.29 is 9.47 Å². The molecule has 33 heavy (non-hydrogen) atoms. The molecule has 0 aliphatic heterocycles. The lowest BCUT2D eigenvalue weighted by molar-refractivity contribution is 0.172. The number of ether oxygens (including phenoxy) is 2. The lowest BCUT2D eigenvalue weighted by Crippen LogP contribution is -2.30. The molecular weight excluding hydrogens is 531 g/mol. The van der Waals surface area contributed by atoms with Crippen LogP contribution in [0, 0.1) is 13.8 Å². The summed E-state index contributed by atoms with van der Waals surface area (Å²) in [4.78, 5) is 9.24. The lowest BCUT2D eigenvalue weighted by Gasteiger charge is -2.13. The van der Waals surface area contributed by atoms with E-state index in [4.69, 9.17) is 14.5 Å². The Morgan fingerprint density at radius 3 is 2.64 bits per heavy atom. The number of methoxy groups -OCH3 is 1. The van der Waals surface area contributed by atoms with Gasteiger partial charge in [0.05, 0.1) is 18.8 Å². The number of halogens is 1. The molecule has 0 saturated carbocycles. The molecule has 2 heterocycles. The highest BCUT2D eigenvalue weighted by atomic mass is 127. The summed E-state index contributed by atoms with van der Waals surface area (Å²) in [6.45, 7) is 8.61. The fourth-order valence-electron chi connectivity index (χ4n) is 3.17. The predicted octanol–water partition coefficient (Wildman–Crippen LogP) is 4.50. The van der Waals surface area contributed by atoms with Crippen LogP contribution in [-0.4, -0.2) is 47.6 Å². The van der Waals surface area contributed by atoms with Gasteiger partial charge >= 0.3 is 0 Å². The zero-order valence-electron chi connectivity index (χ0n) is 19.7. The maximum Gasteiger partial charge on any atom is 0.196 e. The molecule has 8 nitrogen and oxygen atoms in total. The van der Waals surface area contributed by atoms with Crippen molar-refractivity contribution in [2.45, 2.75) is 33.7 Å². The van der Waals surface area contributed by atoms with Gasteiger partial charge in [0.15, 0.2) is 11.8 Å². The normalized spacial score (nSPS) is 11.1. The van der Waals surface area contributed by atoms with Crippen LogP contribution in [0.2, 0.25) is 0 Å². The second-order valence-corrected chi connectivity index (χ2v) is 7.41. The maximum atomic E-state index is 5.78. The SMILES string of the molecule is CCNC(=NCc1ccc(-n2nc(C)cc2C)nc1)Nc1cccc(OCCCOC)c1.I. The Morgan fingerprint density at radius 1 is 1.12 bits per heavy atom. The van der Waals surface area contributed by atoms with E-state index < -0.39 is 0 Å². The molecule has 0 unspecified atom stereocenters. The van der Waals surface area contributed by atoms with Crippen molar-refractivity contribution in [2.75, 3.05) is 32.2 Å². The van der Waals surface area contributed by atoms with Crippen LogP contribution >= 0.6 is 24.0 Å². The zero-order chi connectivity index (χ0) is 22.8. The van der Waals surface area contributed by atoms with Crippen molar-refractivity contribution in [2.24, 2.45) is 4.99 Å². The van der Waals surface area contributed by atoms with Gasteiger partial charge in [-0.2, -0.15) is 5.10 Å². The highest BCUT2D eigenvalue weighted by Gasteiger charge is 2.06. The van der Waals surface area contributed by atoms with Crippen molar-refractivity contribution in [1.82, 2.24) is 20.1 Å². The largest absolute Gasteiger partial charge is 0.493 e. The quantitative estimate of drug-likeness (QED) is 0.163. The van der Waals surface area contributed by atoms with E-state index in [-0.39, 0.29) is 24.0 Å². The fraction of sp³-hybridized carbons (Fsp3) is 0.375. The summed E-state index contributed by atoms with van der Waals surface area (Å²) in [6.07, 6.45) is 2.69. The number of nitrogens with one attached hydrogen (secondary N) is 2. The van der Waals surface area contributed by atoms with Gasteiger partial charge in [0.2, 0.25) is 0 Å². The summed E-state index contributed by atoms with van der Waals surface area (Å²) in [5, 5.41) is 11.1. The molecule has 9 heteroatoms. The average Bonchev–Trinajstić information content (AvgIpc) is 3.14. The highest BCUT2D eigenvalue weighted by molar-refractivity contribution is 14.0. The summed E-state index contributed by atoms with van der Waals surface area (Å²) in [5.41, 5.74) is 3.96. The minimum Gasteiger partial charge on any atom is -0.493 e. The number of guanidine groups is 1. The molecule has 0 spiro atoms. The smallest absolute Gasteiger partial charge is 0.196 e. The minimum atomic E-state index is 0. The Balaban J connectivity index is 0.00000385. The Kier molecular flexibility index (Phi) is 11.1. The predicted molar refractivity (Wildman–Crippen MR) is 143 cm³/mol. The standard InChI is InChI=1S/C24H32N6O2.HI/c1-5-25-24(28-21-8-6-9-22(15-21)32-13-7-12-31-4)27-17-20-10-11-23(26-16-20)30-19(3)14-18(2)29-30;/h6,8-11,14-16H,5,7,12-13,17H2,1-4H3,(H2,25,27,28);1H. The molecule has 0 saturated heterocycles. The maximum absolute atomic E-state index is 5.78. The van der Waals surface area contributed by atoms with Gasteiger partial charge in [-0.05, 0) is 50.6 Å². The van der Waals surface area contributed by atoms with Gasteiger partial charge in [-0.1, -0.05) is 12.1 Å². The van der Waals surface area contributed by atoms with E-state index in [2.05, 4.69) is 20.7 Å². The Bertz CT molecular complexity index is 1020. The summed E-state index contributed by atoms with van der Waals surface area (Å²) in [7, 11) is 1.69. The molecule has 3 aromatic rings. The molecule has 0 bridgehead atoms. The number of aryl methyl sites for hydroxylation is 2. The van der Waals surface area contributed by atoms with Crippen molar-refractivity contribution in [3.05, 3.63) is 65.6 Å². The molecule has 0 fully saturated rings. The monoisotopic (exact) mass is 564 g/mol. The van der Waals surface area contributed by atoms with Crippen LogP contribution in [0.15, 0.2) is 53.7 Å². The second kappa shape index (κ2) is 13.8. The molecule has 2 aromatic heterocycles. The van der Waals surface area contributed by atoms with Gasteiger partial charge < -0.3 is 20.1 Å². The minimum absolute atomic E-state index is 0. The third-order valence-electron chi connectivity index (χ3n) is 4.66. The third kappa shape index (κ3) is 8.32. The Morgan fingerprint density at radius 2 is 1.97 bits per heavy atom. The number of hydrogen-bond acceptors (Lipinski definition) is 5. The van der Waals surface area contributed by atoms with Gasteiger partial charge in [0, 0.05) is 50.3 Å². The molecular formula is C24H33IN6O2. The van der Waals surface area contributed by atoms with Crippen LogP contribution in [-0.2, 0) is 11.3 Å². The number of anilines is 1. The number of aliphatic imine (C=N–C) groups is 1. The van der Waals surface area contributed by atoms with Crippen LogP contribution in [0.3, 0.4) is 0 Å². The molecule has 3 rings (SSSR count). The zero-order valence-corrected chi connectivity index (χ0v) is 22.0. The summed E-state index contributed by atoms with van der Waals surface area (Å²) < 4.78 is 12.7. The summed E-state index contributed by atoms with van der Waals surface area (Å²) in [6, 6.07) is 13.9. The molecule has 0 aliphatic carbocycles. The van der Waals surface area contributed by atoms with Crippen LogP contribution in [0.25, 0.3) is 5.82 Å². The summed E-state index contributed by atoms with van der Waals surface area (Å²) in [5.74, 6) is 2.31. The number of nitrogens with zero attached hydrogens (tertiary/aromatic N) is 4. The van der Waals surface area contributed by atoms with E-state index in [0.29, 0.717) is 25.7 Å². The van der Waals surface area contributed by atoms with Crippen molar-refractivity contribution in [3.63, 3.8) is 0 Å². The van der Waals surface area contributed by atoms with Crippen LogP contribution in [0.1, 0.15) is 30.3 Å². The van der Waals surface area contributed by atoms with Gasteiger partial charge in [-0.25, -0.2) is 14.7 Å². The van der Waals surface area contributed by atoms with Crippen molar-refractivity contribution >= 4 is 35.6 Å². The molecule has 0 aliphatic rings. The van der Waals surface area contributed by atoms with Gasteiger partial charge in [0.25, 0.3) is 0 Å². The first kappa shape index (κ1) is 26.6. The first-order chi connectivity index (χ1) is 15.6. The van der Waals surface area contributed by atoms with Gasteiger partial charge in [-0.15, -0.1) is 24.0 Å². The summed E-state index contributed by atoms with van der Waals surface area (Å²) >= 11 is 0. The molecule has 0 amide bonds. The number of benzene rings is 1. The van der Waals surface area contributed by atoms with Crippen molar-refractivity contribution in [1.29, 1.82) is 0 Å². The van der Waals surface area contributed by atoms with E-state index >= 15 is 0 Å². The third-order valence-corrected chi connectivity index (χ3v) is 4.66. The van der Waals surface area contributed by atoms with Gasteiger partial charge in [0.1, 0.15) is 5.75 Å².